The van der Waals surface area contributed by atoms with Gasteiger partial charge >= 0.3 is 7.12 Å². The van der Waals surface area contributed by atoms with Gasteiger partial charge in [0.1, 0.15) is 0 Å². The summed E-state index contributed by atoms with van der Waals surface area (Å²) in [4.78, 5) is 12.2. The number of hydrogen-bond donors (Lipinski definition) is 1. The Kier molecular flexibility index (Phi) is 4.28. The summed E-state index contributed by atoms with van der Waals surface area (Å²) in [6.07, 6.45) is 3.20. The van der Waals surface area contributed by atoms with Gasteiger partial charge in [0.05, 0.1) is 23.7 Å². The van der Waals surface area contributed by atoms with E-state index >= 15 is 0 Å². The minimum absolute atomic E-state index is 0.128. The number of carbonyl (C=O) groups excluding carboxylic acids is 1. The van der Waals surface area contributed by atoms with Crippen LogP contribution in [-0.2, 0) is 15.9 Å². The SMILES string of the molecule is CC1(C)OB(c2ccc(C(=O)NCc3ccoc3)cc2)OC1(C)C. The molecule has 1 fully saturated rings. The molecule has 6 heteroatoms. The standard InChI is InChI=1S/C18H22BNO4/c1-17(2)18(3,4)24-19(23-17)15-7-5-14(6-8-15)16(21)20-11-13-9-10-22-12-13/h5-10,12H,11H2,1-4H3,(H,20,21). The molecule has 5 nitrogen and oxygen atoms in total. The van der Waals surface area contributed by atoms with Gasteiger partial charge in [0.2, 0.25) is 0 Å². The molecule has 0 unspecified atom stereocenters. The first-order chi connectivity index (χ1) is 11.3. The van der Waals surface area contributed by atoms with Crippen molar-refractivity contribution in [2.45, 2.75) is 45.4 Å². The lowest BCUT2D eigenvalue weighted by molar-refractivity contribution is 0.00578. The van der Waals surface area contributed by atoms with Gasteiger partial charge in [0.25, 0.3) is 5.91 Å². The number of benzene rings is 1. The van der Waals surface area contributed by atoms with Crippen molar-refractivity contribution in [3.63, 3.8) is 0 Å². The van der Waals surface area contributed by atoms with Crippen LogP contribution < -0.4 is 10.8 Å². The van der Waals surface area contributed by atoms with Crippen LogP contribution in [0.25, 0.3) is 0 Å². The van der Waals surface area contributed by atoms with Gasteiger partial charge < -0.3 is 19.0 Å². The Labute approximate surface area is 142 Å². The molecule has 1 amide bonds. The van der Waals surface area contributed by atoms with Gasteiger partial charge in [0.15, 0.2) is 0 Å². The summed E-state index contributed by atoms with van der Waals surface area (Å²) in [7, 11) is -0.418. The van der Waals surface area contributed by atoms with Crippen molar-refractivity contribution >= 4 is 18.5 Å². The van der Waals surface area contributed by atoms with Crippen LogP contribution in [-0.4, -0.2) is 24.2 Å². The minimum atomic E-state index is -0.418. The van der Waals surface area contributed by atoms with E-state index in [2.05, 4.69) is 5.32 Å². The molecule has 3 rings (SSSR count). The summed E-state index contributed by atoms with van der Waals surface area (Å²) in [5.41, 5.74) is 1.67. The molecule has 24 heavy (non-hydrogen) atoms. The fourth-order valence-corrected chi connectivity index (χ4v) is 2.45. The zero-order valence-electron chi connectivity index (χ0n) is 14.5. The Balaban J connectivity index is 1.64. The first kappa shape index (κ1) is 16.8. The molecule has 0 radical (unpaired) electrons. The minimum Gasteiger partial charge on any atom is -0.472 e. The zero-order valence-corrected chi connectivity index (χ0v) is 14.5. The van der Waals surface area contributed by atoms with Crippen LogP contribution in [0.1, 0.15) is 43.6 Å². The summed E-state index contributed by atoms with van der Waals surface area (Å²) in [6.45, 7) is 8.51. The van der Waals surface area contributed by atoms with Gasteiger partial charge in [-0.2, -0.15) is 0 Å². The highest BCUT2D eigenvalue weighted by atomic mass is 16.7. The number of hydrogen-bond acceptors (Lipinski definition) is 4. The highest BCUT2D eigenvalue weighted by Gasteiger charge is 2.51. The summed E-state index contributed by atoms with van der Waals surface area (Å²) in [5, 5.41) is 2.86. The average Bonchev–Trinajstić information content (AvgIpc) is 3.11. The number of furan rings is 1. The van der Waals surface area contributed by atoms with Crippen LogP contribution in [0.2, 0.25) is 0 Å². The summed E-state index contributed by atoms with van der Waals surface area (Å²) < 4.78 is 17.0. The lowest BCUT2D eigenvalue weighted by atomic mass is 9.79. The van der Waals surface area contributed by atoms with Crippen molar-refractivity contribution < 1.29 is 18.5 Å². The van der Waals surface area contributed by atoms with E-state index in [1.54, 1.807) is 24.7 Å². The van der Waals surface area contributed by atoms with Gasteiger partial charge in [-0.15, -0.1) is 0 Å². The molecule has 1 aliphatic rings. The Morgan fingerprint density at radius 3 is 2.21 bits per heavy atom. The van der Waals surface area contributed by atoms with Crippen LogP contribution in [0.4, 0.5) is 0 Å². The van der Waals surface area contributed by atoms with Crippen molar-refractivity contribution in [3.05, 3.63) is 54.0 Å². The Morgan fingerprint density at radius 1 is 1.04 bits per heavy atom. The molecule has 0 atom stereocenters. The van der Waals surface area contributed by atoms with Gasteiger partial charge in [-0.1, -0.05) is 12.1 Å². The molecule has 0 spiro atoms. The number of rotatable bonds is 4. The zero-order chi connectivity index (χ0) is 17.4. The topological polar surface area (TPSA) is 60.7 Å². The summed E-state index contributed by atoms with van der Waals surface area (Å²) in [5.74, 6) is -0.128. The molecule has 2 heterocycles. The second kappa shape index (κ2) is 6.11. The maximum Gasteiger partial charge on any atom is 0.494 e. The van der Waals surface area contributed by atoms with E-state index < -0.39 is 7.12 Å². The van der Waals surface area contributed by atoms with Crippen LogP contribution in [0, 0.1) is 0 Å². The molecule has 1 saturated heterocycles. The van der Waals surface area contributed by atoms with Crippen molar-refractivity contribution in [2.24, 2.45) is 0 Å². The number of carbonyl (C=O) groups is 1. The molecule has 126 valence electrons. The van der Waals surface area contributed by atoms with E-state index in [1.807, 2.05) is 45.9 Å². The maximum absolute atomic E-state index is 12.2. The predicted molar refractivity (Wildman–Crippen MR) is 92.0 cm³/mol. The summed E-state index contributed by atoms with van der Waals surface area (Å²) >= 11 is 0. The highest BCUT2D eigenvalue weighted by Crippen LogP contribution is 2.36. The highest BCUT2D eigenvalue weighted by molar-refractivity contribution is 6.62. The van der Waals surface area contributed by atoms with Crippen LogP contribution in [0.3, 0.4) is 0 Å². The molecule has 1 aromatic carbocycles. The molecule has 0 bridgehead atoms. The maximum atomic E-state index is 12.2. The van der Waals surface area contributed by atoms with Crippen molar-refractivity contribution in [2.75, 3.05) is 0 Å². The van der Waals surface area contributed by atoms with Crippen molar-refractivity contribution in [1.29, 1.82) is 0 Å². The predicted octanol–water partition coefficient (Wildman–Crippen LogP) is 2.51. The Bertz CT molecular complexity index is 691. The lowest BCUT2D eigenvalue weighted by Gasteiger charge is -2.32. The molecule has 0 saturated carbocycles. The second-order valence-corrected chi connectivity index (χ2v) is 7.02. The Hall–Kier alpha value is -2.05. The van der Waals surface area contributed by atoms with Gasteiger partial charge in [-0.05, 0) is 51.4 Å². The monoisotopic (exact) mass is 327 g/mol. The van der Waals surface area contributed by atoms with Gasteiger partial charge in [-0.25, -0.2) is 0 Å². The van der Waals surface area contributed by atoms with E-state index in [0.717, 1.165) is 11.0 Å². The molecular weight excluding hydrogens is 305 g/mol. The lowest BCUT2D eigenvalue weighted by Crippen LogP contribution is -2.41. The number of amides is 1. The first-order valence-corrected chi connectivity index (χ1v) is 8.03. The third-order valence-electron chi connectivity index (χ3n) is 4.73. The van der Waals surface area contributed by atoms with Crippen molar-refractivity contribution in [3.8, 4) is 0 Å². The molecule has 0 aliphatic carbocycles. The van der Waals surface area contributed by atoms with Crippen LogP contribution >= 0.6 is 0 Å². The third-order valence-corrected chi connectivity index (χ3v) is 4.73. The summed E-state index contributed by atoms with van der Waals surface area (Å²) in [6, 6.07) is 9.13. The van der Waals surface area contributed by atoms with E-state index in [-0.39, 0.29) is 17.1 Å². The average molecular weight is 327 g/mol. The first-order valence-electron chi connectivity index (χ1n) is 8.03. The van der Waals surface area contributed by atoms with Crippen LogP contribution in [0.5, 0.6) is 0 Å². The smallest absolute Gasteiger partial charge is 0.472 e. The molecular formula is C18H22BNO4. The largest absolute Gasteiger partial charge is 0.494 e. The second-order valence-electron chi connectivity index (χ2n) is 7.02. The van der Waals surface area contributed by atoms with Gasteiger partial charge in [0, 0.05) is 17.7 Å². The van der Waals surface area contributed by atoms with E-state index in [9.17, 15) is 4.79 Å². The normalized spacial score (nSPS) is 18.6. The van der Waals surface area contributed by atoms with E-state index in [0.29, 0.717) is 12.1 Å². The molecule has 1 aliphatic heterocycles. The molecule has 1 N–H and O–H groups in total. The quantitative estimate of drug-likeness (QED) is 0.877. The van der Waals surface area contributed by atoms with Gasteiger partial charge in [-0.3, -0.25) is 4.79 Å². The fraction of sp³-hybridized carbons (Fsp3) is 0.389. The molecule has 1 aromatic heterocycles. The fourth-order valence-electron chi connectivity index (χ4n) is 2.45. The van der Waals surface area contributed by atoms with E-state index in [4.69, 9.17) is 13.7 Å². The van der Waals surface area contributed by atoms with E-state index in [1.165, 1.54) is 0 Å². The van der Waals surface area contributed by atoms with Crippen LogP contribution in [0.15, 0.2) is 47.3 Å². The third kappa shape index (κ3) is 3.25. The number of nitrogens with one attached hydrogen (secondary N) is 1. The molecule has 2 aromatic rings. The van der Waals surface area contributed by atoms with Crippen molar-refractivity contribution in [1.82, 2.24) is 5.32 Å². The Morgan fingerprint density at radius 2 is 1.67 bits per heavy atom.